The van der Waals surface area contributed by atoms with Crippen molar-refractivity contribution in [1.29, 1.82) is 0 Å². The van der Waals surface area contributed by atoms with Crippen molar-refractivity contribution in [3.05, 3.63) is 70.3 Å². The van der Waals surface area contributed by atoms with E-state index in [1.165, 1.54) is 0 Å². The Labute approximate surface area is 318 Å². The van der Waals surface area contributed by atoms with Gasteiger partial charge in [0.25, 0.3) is 0 Å². The molecule has 0 aliphatic carbocycles. The highest BCUT2D eigenvalue weighted by atomic mass is 16.5. The Balaban J connectivity index is 1.46. The fraction of sp³-hybridized carbons (Fsp3) is 0.605. The van der Waals surface area contributed by atoms with Crippen LogP contribution in [-0.2, 0) is 11.3 Å². The zero-order chi connectivity index (χ0) is 38.5. The Morgan fingerprint density at radius 3 is 2.49 bits per heavy atom. The van der Waals surface area contributed by atoms with Crippen LogP contribution in [0.15, 0.2) is 48.1 Å². The van der Waals surface area contributed by atoms with E-state index in [4.69, 9.17) is 14.2 Å². The maximum Gasteiger partial charge on any atom is 0.320 e. The number of ether oxygens (including phenoxy) is 3. The van der Waals surface area contributed by atoms with Crippen LogP contribution in [0.2, 0.25) is 0 Å². The fourth-order valence-corrected chi connectivity index (χ4v) is 7.52. The minimum atomic E-state index is -0.769. The minimum Gasteiger partial charge on any atom is -0.493 e. The van der Waals surface area contributed by atoms with Crippen molar-refractivity contribution in [2.75, 3.05) is 66.1 Å². The van der Waals surface area contributed by atoms with Crippen LogP contribution in [0, 0.1) is 13.8 Å². The molecule has 0 radical (unpaired) electrons. The topological polar surface area (TPSA) is 115 Å². The first kappa shape index (κ1) is 42.3. The number of aryl methyl sites for hydroxylation is 1. The molecule has 3 atom stereocenters. The van der Waals surface area contributed by atoms with Gasteiger partial charge in [-0.1, -0.05) is 32.1 Å². The van der Waals surface area contributed by atoms with E-state index in [1.807, 2.05) is 32.2 Å². The number of β-amino-alcohol motifs (C(OH)–C–C–N with tert-alkyl or cyclic N) is 1. The number of carbonyl (C=O) groups is 1. The summed E-state index contributed by atoms with van der Waals surface area (Å²) in [6.07, 6.45) is 5.29. The van der Waals surface area contributed by atoms with Crippen molar-refractivity contribution < 1.29 is 34.3 Å². The first-order valence-electron chi connectivity index (χ1n) is 19.6. The van der Waals surface area contributed by atoms with Crippen LogP contribution >= 0.6 is 0 Å². The number of benzene rings is 2. The van der Waals surface area contributed by atoms with Crippen LogP contribution in [0.3, 0.4) is 0 Å². The van der Waals surface area contributed by atoms with Gasteiger partial charge in [0.1, 0.15) is 29.9 Å². The first-order valence-corrected chi connectivity index (χ1v) is 19.6. The van der Waals surface area contributed by atoms with Crippen LogP contribution < -0.4 is 14.2 Å². The fourth-order valence-electron chi connectivity index (χ4n) is 7.52. The Morgan fingerprint density at radius 1 is 1.04 bits per heavy atom. The van der Waals surface area contributed by atoms with E-state index >= 15 is 0 Å². The molecular weight excluding hydrogens is 670 g/mol. The lowest BCUT2D eigenvalue weighted by Gasteiger charge is -2.33. The summed E-state index contributed by atoms with van der Waals surface area (Å²) >= 11 is 0. The van der Waals surface area contributed by atoms with Gasteiger partial charge in [0.05, 0.1) is 25.4 Å². The quantitative estimate of drug-likeness (QED) is 0.0973. The molecule has 4 rings (SSSR count). The van der Waals surface area contributed by atoms with Crippen LogP contribution in [0.5, 0.6) is 17.2 Å². The van der Waals surface area contributed by atoms with Gasteiger partial charge in [-0.25, -0.2) is 0 Å². The zero-order valence-electron chi connectivity index (χ0n) is 33.2. The number of carboxylic acids is 1. The van der Waals surface area contributed by atoms with E-state index < -0.39 is 12.0 Å². The molecule has 2 heterocycles. The lowest BCUT2D eigenvalue weighted by atomic mass is 9.92. The number of likely N-dealkylation sites (tertiary alicyclic amines) is 2. The van der Waals surface area contributed by atoms with E-state index in [-0.39, 0.29) is 12.2 Å². The van der Waals surface area contributed by atoms with Crippen molar-refractivity contribution >= 4 is 11.5 Å². The third-order valence-corrected chi connectivity index (χ3v) is 10.7. The van der Waals surface area contributed by atoms with Crippen LogP contribution in [-0.4, -0.2) is 120 Å². The lowest BCUT2D eigenvalue weighted by molar-refractivity contribution is -0.144. The van der Waals surface area contributed by atoms with Crippen molar-refractivity contribution in [1.82, 2.24) is 14.7 Å². The summed E-state index contributed by atoms with van der Waals surface area (Å²) in [7, 11) is 2.01. The van der Waals surface area contributed by atoms with Crippen LogP contribution in [0.1, 0.15) is 88.0 Å². The van der Waals surface area contributed by atoms with E-state index in [0.717, 1.165) is 121 Å². The lowest BCUT2D eigenvalue weighted by Crippen LogP contribution is -2.44. The predicted molar refractivity (Wildman–Crippen MR) is 212 cm³/mol. The second kappa shape index (κ2) is 20.9. The van der Waals surface area contributed by atoms with Crippen molar-refractivity contribution in [2.24, 2.45) is 0 Å². The zero-order valence-corrected chi connectivity index (χ0v) is 33.2. The van der Waals surface area contributed by atoms with Gasteiger partial charge in [-0.15, -0.1) is 0 Å². The highest BCUT2D eigenvalue weighted by Gasteiger charge is 2.29. The smallest absolute Gasteiger partial charge is 0.320 e. The molecule has 0 spiro atoms. The second-order valence-corrected chi connectivity index (χ2v) is 15.1. The molecule has 0 saturated carbocycles. The number of aliphatic hydroxyl groups is 2. The summed E-state index contributed by atoms with van der Waals surface area (Å²) in [5.74, 6) is 1.56. The number of carboxylic acid groups (broad SMARTS) is 1. The van der Waals surface area contributed by atoms with Gasteiger partial charge in [0.2, 0.25) is 0 Å². The molecule has 10 heteroatoms. The van der Waals surface area contributed by atoms with Gasteiger partial charge in [-0.05, 0) is 125 Å². The van der Waals surface area contributed by atoms with Crippen LogP contribution in [0.25, 0.3) is 5.57 Å². The maximum atomic E-state index is 12.1. The molecule has 2 aromatic carbocycles. The molecule has 3 N–H and O–H groups in total. The van der Waals surface area contributed by atoms with E-state index in [2.05, 4.69) is 54.2 Å². The molecule has 0 bridgehead atoms. The summed E-state index contributed by atoms with van der Waals surface area (Å²) < 4.78 is 19.2. The van der Waals surface area contributed by atoms with E-state index in [9.17, 15) is 20.1 Å². The minimum absolute atomic E-state index is 0.243. The highest BCUT2D eigenvalue weighted by molar-refractivity contribution is 5.80. The maximum absolute atomic E-state index is 12.1. The molecule has 2 aliphatic rings. The Bertz CT molecular complexity index is 1540. The van der Waals surface area contributed by atoms with Crippen molar-refractivity contribution in [2.45, 2.75) is 104 Å². The molecule has 0 amide bonds. The van der Waals surface area contributed by atoms with Gasteiger partial charge < -0.3 is 39.3 Å². The Kier molecular flexibility index (Phi) is 16.7. The van der Waals surface area contributed by atoms with Crippen molar-refractivity contribution in [3.8, 4) is 17.2 Å². The molecular formula is C43H65N3O7. The molecule has 2 saturated heterocycles. The number of aliphatic carboxylic acids is 1. The number of rotatable bonds is 21. The molecule has 0 aromatic heterocycles. The number of nitrogens with zero attached hydrogens (tertiary/aromatic N) is 3. The number of allylic oxidation sites excluding steroid dienone is 2. The molecule has 10 nitrogen and oxygen atoms in total. The number of likely N-dealkylation sites (N-methyl/N-ethyl adjacent to an activating group) is 1. The Morgan fingerprint density at radius 2 is 1.79 bits per heavy atom. The van der Waals surface area contributed by atoms with E-state index in [1.54, 1.807) is 6.92 Å². The van der Waals surface area contributed by atoms with E-state index in [0.29, 0.717) is 45.9 Å². The average Bonchev–Trinajstić information content (AvgIpc) is 3.54. The molecule has 2 fully saturated rings. The molecule has 2 aliphatic heterocycles. The highest BCUT2D eigenvalue weighted by Crippen LogP contribution is 2.35. The third-order valence-electron chi connectivity index (χ3n) is 10.7. The summed E-state index contributed by atoms with van der Waals surface area (Å²) in [6.45, 7) is 21.4. The number of hydrogen-bond donors (Lipinski definition) is 3. The molecule has 2 aromatic rings. The summed E-state index contributed by atoms with van der Waals surface area (Å²) in [5, 5.41) is 29.5. The predicted octanol–water partition coefficient (Wildman–Crippen LogP) is 6.48. The summed E-state index contributed by atoms with van der Waals surface area (Å²) in [4.78, 5) is 18.5. The summed E-state index contributed by atoms with van der Waals surface area (Å²) in [6, 6.07) is 9.69. The molecule has 0 unspecified atom stereocenters. The largest absolute Gasteiger partial charge is 0.493 e. The van der Waals surface area contributed by atoms with Gasteiger partial charge in [-0.3, -0.25) is 9.69 Å². The monoisotopic (exact) mass is 735 g/mol. The number of hydrogen-bond acceptors (Lipinski definition) is 9. The number of aliphatic hydroxyl groups excluding tert-OH is 2. The first-order chi connectivity index (χ1) is 25.4. The SMILES string of the molecule is C=C(/C(C)=C(\CC)COc1cc(OCCCN2CC[C@@H](O)C2)c(CN2CCCC[C@H]2C(=O)O)cc1C)c1cccc(OCCCN(C)C[C@@H](C)O)c1C. The van der Waals surface area contributed by atoms with Gasteiger partial charge in [0, 0.05) is 50.9 Å². The van der Waals surface area contributed by atoms with Gasteiger partial charge >= 0.3 is 5.97 Å². The summed E-state index contributed by atoms with van der Waals surface area (Å²) in [5.41, 5.74) is 7.24. The standard InChI is InChI=1S/C43H65N3O7/c1-8-35(32(4)33(5)38-14-11-16-40(34(38)6)51-22-12-18-44(7)26-31(3)47)29-53-41-25-42(52-23-13-19-45-21-17-37(48)28-45)36(24-30(41)2)27-46-20-10-9-15-39(46)43(49)50/h11,14,16,24-25,31,37,39,47-48H,5,8-10,12-13,15,17-23,26-29H2,1-4,6-7H3,(H,49,50)/b35-32+/t31-,37-,39+/m1/s1. The third kappa shape index (κ3) is 12.6. The Hall–Kier alpha value is -3.41. The van der Waals surface area contributed by atoms with Crippen LogP contribution in [0.4, 0.5) is 0 Å². The molecule has 294 valence electrons. The number of piperidine rings is 1. The van der Waals surface area contributed by atoms with Gasteiger partial charge in [0.15, 0.2) is 0 Å². The van der Waals surface area contributed by atoms with Gasteiger partial charge in [-0.2, -0.15) is 0 Å². The average molecular weight is 736 g/mol. The van der Waals surface area contributed by atoms with Crippen molar-refractivity contribution in [3.63, 3.8) is 0 Å². The second-order valence-electron chi connectivity index (χ2n) is 15.1. The normalized spacial score (nSPS) is 19.3. The molecule has 53 heavy (non-hydrogen) atoms.